The van der Waals surface area contributed by atoms with Gasteiger partial charge >= 0.3 is 0 Å². The molecule has 152 valence electrons. The van der Waals surface area contributed by atoms with Gasteiger partial charge in [0.05, 0.1) is 6.54 Å². The van der Waals surface area contributed by atoms with Crippen LogP contribution in [0.5, 0.6) is 0 Å². The van der Waals surface area contributed by atoms with E-state index >= 15 is 0 Å². The molecule has 0 saturated carbocycles. The highest BCUT2D eigenvalue weighted by Gasteiger charge is 2.38. The van der Waals surface area contributed by atoms with Crippen molar-refractivity contribution in [2.45, 2.75) is 50.4 Å². The largest absolute Gasteiger partial charge is 0.335 e. The molecule has 0 spiro atoms. The monoisotopic (exact) mass is 405 g/mol. The maximum Gasteiger partial charge on any atom is 0.263 e. The zero-order valence-electron chi connectivity index (χ0n) is 16.2. The first-order chi connectivity index (χ1) is 13.6. The summed E-state index contributed by atoms with van der Waals surface area (Å²) in [5.41, 5.74) is 1.11. The van der Waals surface area contributed by atoms with Crippen molar-refractivity contribution < 1.29 is 9.18 Å². The average Bonchev–Trinajstić information content (AvgIpc) is 3.15. The summed E-state index contributed by atoms with van der Waals surface area (Å²) < 4.78 is 15.3. The van der Waals surface area contributed by atoms with Crippen molar-refractivity contribution >= 4 is 17.7 Å². The highest BCUT2D eigenvalue weighted by atomic mass is 32.2. The Labute approximate surface area is 169 Å². The Morgan fingerprint density at radius 2 is 1.89 bits per heavy atom. The molecule has 1 aromatic heterocycles. The lowest BCUT2D eigenvalue weighted by molar-refractivity contribution is 0.0748. The number of rotatable bonds is 2. The van der Waals surface area contributed by atoms with Crippen molar-refractivity contribution in [3.8, 4) is 0 Å². The predicted octanol–water partition coefficient (Wildman–Crippen LogP) is 2.35. The number of carbonyl (C=O) groups excluding carboxylic acids is 1. The first-order valence-corrected chi connectivity index (χ1v) is 11.7. The van der Waals surface area contributed by atoms with Crippen LogP contribution in [0.15, 0.2) is 16.9 Å². The second-order valence-corrected chi connectivity index (χ2v) is 10.0. The number of hydrogen-bond acceptors (Lipinski definition) is 4. The van der Waals surface area contributed by atoms with Gasteiger partial charge in [0.2, 0.25) is 0 Å². The van der Waals surface area contributed by atoms with Crippen LogP contribution in [-0.2, 0) is 6.54 Å². The maximum atomic E-state index is 13.5. The van der Waals surface area contributed by atoms with Gasteiger partial charge in [0.15, 0.2) is 0 Å². The standard InChI is InChI=1S/C21H28FN3O2S/c22-16-3-6-23(13-16)20(26)18-1-2-19-15-9-14(11-25(19)21(18)27)10-24(12-15)17-4-7-28-8-5-17/h1-2,14-17H,3-13H2/t14-,15+,16+/m0/s1. The maximum absolute atomic E-state index is 13.5. The minimum absolute atomic E-state index is 0.111. The quantitative estimate of drug-likeness (QED) is 0.758. The summed E-state index contributed by atoms with van der Waals surface area (Å²) in [5.74, 6) is 3.06. The zero-order valence-corrected chi connectivity index (χ0v) is 17.0. The number of carbonyl (C=O) groups is 1. The molecule has 5 heterocycles. The first kappa shape index (κ1) is 18.7. The van der Waals surface area contributed by atoms with E-state index in [0.29, 0.717) is 37.4 Å². The van der Waals surface area contributed by atoms with E-state index in [1.54, 1.807) is 6.07 Å². The highest BCUT2D eigenvalue weighted by Crippen LogP contribution is 2.37. The third kappa shape index (κ3) is 3.30. The predicted molar refractivity (Wildman–Crippen MR) is 109 cm³/mol. The average molecular weight is 406 g/mol. The number of halogens is 1. The van der Waals surface area contributed by atoms with Crippen LogP contribution in [0.4, 0.5) is 4.39 Å². The second kappa shape index (κ2) is 7.48. The van der Waals surface area contributed by atoms with Crippen LogP contribution in [0.25, 0.3) is 0 Å². The summed E-state index contributed by atoms with van der Waals surface area (Å²) in [7, 11) is 0. The van der Waals surface area contributed by atoms with Gasteiger partial charge in [-0.1, -0.05) is 0 Å². The lowest BCUT2D eigenvalue weighted by Crippen LogP contribution is -2.51. The van der Waals surface area contributed by atoms with Crippen molar-refractivity contribution in [3.63, 3.8) is 0 Å². The third-order valence-corrected chi connectivity index (χ3v) is 8.04. The number of likely N-dealkylation sites (tertiary alicyclic amines) is 2. The summed E-state index contributed by atoms with van der Waals surface area (Å²) in [4.78, 5) is 30.0. The van der Waals surface area contributed by atoms with Gasteiger partial charge in [-0.25, -0.2) is 4.39 Å². The molecule has 28 heavy (non-hydrogen) atoms. The van der Waals surface area contributed by atoms with E-state index in [4.69, 9.17) is 0 Å². The van der Waals surface area contributed by atoms with E-state index in [1.165, 1.54) is 29.2 Å². The van der Waals surface area contributed by atoms with Crippen molar-refractivity contribution in [2.75, 3.05) is 37.7 Å². The molecule has 7 heteroatoms. The molecule has 0 N–H and O–H groups in total. The summed E-state index contributed by atoms with van der Waals surface area (Å²) in [6.45, 7) is 3.30. The molecule has 1 aromatic rings. The zero-order chi connectivity index (χ0) is 19.3. The molecule has 0 radical (unpaired) electrons. The smallest absolute Gasteiger partial charge is 0.263 e. The van der Waals surface area contributed by atoms with Crippen LogP contribution in [-0.4, -0.2) is 70.2 Å². The number of thioether (sulfide) groups is 1. The minimum Gasteiger partial charge on any atom is -0.335 e. The van der Waals surface area contributed by atoms with Crippen molar-refractivity contribution in [1.29, 1.82) is 0 Å². The van der Waals surface area contributed by atoms with Gasteiger partial charge in [-0.3, -0.25) is 14.5 Å². The SMILES string of the molecule is O=C(c1ccc2n(c1=O)C[C@H]1C[C@@H]2CN(C2CCSCC2)C1)N1CC[C@@H](F)C1. The summed E-state index contributed by atoms with van der Waals surface area (Å²) >= 11 is 2.06. The molecular weight excluding hydrogens is 377 g/mol. The molecule has 4 aliphatic heterocycles. The summed E-state index contributed by atoms with van der Waals surface area (Å²) in [6.07, 6.45) is 3.09. The molecule has 0 aliphatic carbocycles. The Bertz CT molecular complexity index is 822. The Morgan fingerprint density at radius 3 is 2.64 bits per heavy atom. The molecular formula is C21H28FN3O2S. The number of pyridine rings is 1. The van der Waals surface area contributed by atoms with Crippen LogP contribution < -0.4 is 5.56 Å². The van der Waals surface area contributed by atoms with Gasteiger partial charge < -0.3 is 9.47 Å². The number of hydrogen-bond donors (Lipinski definition) is 0. The molecule has 3 atom stereocenters. The molecule has 5 nitrogen and oxygen atoms in total. The number of aromatic nitrogens is 1. The van der Waals surface area contributed by atoms with Gasteiger partial charge in [-0.15, -0.1) is 0 Å². The summed E-state index contributed by atoms with van der Waals surface area (Å²) in [6, 6.07) is 4.37. The topological polar surface area (TPSA) is 45.6 Å². The number of piperidine rings is 1. The molecule has 3 saturated heterocycles. The minimum atomic E-state index is -0.965. The lowest BCUT2D eigenvalue weighted by atomic mass is 9.82. The Hall–Kier alpha value is -1.34. The van der Waals surface area contributed by atoms with Crippen LogP contribution in [0.2, 0.25) is 0 Å². The van der Waals surface area contributed by atoms with Crippen molar-refractivity contribution in [3.05, 3.63) is 33.7 Å². The molecule has 0 unspecified atom stereocenters. The first-order valence-electron chi connectivity index (χ1n) is 10.6. The van der Waals surface area contributed by atoms with E-state index in [0.717, 1.165) is 25.2 Å². The molecule has 2 bridgehead atoms. The molecule has 3 fully saturated rings. The van der Waals surface area contributed by atoms with E-state index in [-0.39, 0.29) is 23.6 Å². The second-order valence-electron chi connectivity index (χ2n) is 8.82. The van der Waals surface area contributed by atoms with Gasteiger partial charge in [0.25, 0.3) is 11.5 Å². The van der Waals surface area contributed by atoms with Gasteiger partial charge in [-0.05, 0) is 55.2 Å². The number of amides is 1. The molecule has 1 amide bonds. The Kier molecular flexibility index (Phi) is 4.99. The fraction of sp³-hybridized carbons (Fsp3) is 0.714. The normalized spacial score (nSPS) is 31.0. The number of alkyl halides is 1. The Morgan fingerprint density at radius 1 is 1.07 bits per heavy atom. The van der Waals surface area contributed by atoms with Crippen molar-refractivity contribution in [2.24, 2.45) is 5.92 Å². The van der Waals surface area contributed by atoms with Crippen LogP contribution in [0.1, 0.15) is 47.7 Å². The number of nitrogens with zero attached hydrogens (tertiary/aromatic N) is 3. The van der Waals surface area contributed by atoms with Crippen LogP contribution in [0, 0.1) is 5.92 Å². The Balaban J connectivity index is 1.39. The van der Waals surface area contributed by atoms with E-state index < -0.39 is 6.17 Å². The van der Waals surface area contributed by atoms with E-state index in [9.17, 15) is 14.0 Å². The molecule has 5 rings (SSSR count). The van der Waals surface area contributed by atoms with Gasteiger partial charge in [0, 0.05) is 43.8 Å². The van der Waals surface area contributed by atoms with Gasteiger partial charge in [-0.2, -0.15) is 11.8 Å². The fourth-order valence-electron chi connectivity index (χ4n) is 5.57. The van der Waals surface area contributed by atoms with Crippen LogP contribution in [0.3, 0.4) is 0 Å². The van der Waals surface area contributed by atoms with E-state index in [2.05, 4.69) is 16.7 Å². The lowest BCUT2D eigenvalue weighted by Gasteiger charge is -2.46. The number of fused-ring (bicyclic) bond motifs is 4. The van der Waals surface area contributed by atoms with Crippen LogP contribution >= 0.6 is 11.8 Å². The summed E-state index contributed by atoms with van der Waals surface area (Å²) in [5, 5.41) is 0. The highest BCUT2D eigenvalue weighted by molar-refractivity contribution is 7.99. The fourth-order valence-corrected chi connectivity index (χ4v) is 6.65. The molecule has 4 aliphatic rings. The van der Waals surface area contributed by atoms with Gasteiger partial charge in [0.1, 0.15) is 11.7 Å². The van der Waals surface area contributed by atoms with E-state index in [1.807, 2.05) is 10.6 Å². The van der Waals surface area contributed by atoms with Crippen molar-refractivity contribution in [1.82, 2.24) is 14.4 Å². The molecule has 0 aromatic carbocycles. The third-order valence-electron chi connectivity index (χ3n) is 6.99.